The van der Waals surface area contributed by atoms with E-state index in [4.69, 9.17) is 0 Å². The molecule has 5 amide bonds. The fourth-order valence-electron chi connectivity index (χ4n) is 5.46. The molecule has 0 aromatic carbocycles. The van der Waals surface area contributed by atoms with Crippen molar-refractivity contribution < 1.29 is 24.0 Å². The number of rotatable bonds is 51. The van der Waals surface area contributed by atoms with Crippen LogP contribution in [0.4, 0.5) is 0 Å². The van der Waals surface area contributed by atoms with Crippen molar-refractivity contribution in [2.24, 2.45) is 0 Å². The zero-order valence-electron chi connectivity index (χ0n) is 41.5. The van der Waals surface area contributed by atoms with Crippen LogP contribution in [0.3, 0.4) is 0 Å². The van der Waals surface area contributed by atoms with Crippen molar-refractivity contribution in [1.82, 2.24) is 41.3 Å². The third-order valence-corrected chi connectivity index (χ3v) is 22.2. The highest BCUT2D eigenvalue weighted by Crippen LogP contribution is 2.24. The maximum atomic E-state index is 12.8. The van der Waals surface area contributed by atoms with Gasteiger partial charge in [-0.2, -0.15) is 0 Å². The molecule has 0 aliphatic rings. The summed E-state index contributed by atoms with van der Waals surface area (Å²) in [5.74, 6) is 9.61. The first kappa shape index (κ1) is 68.1. The van der Waals surface area contributed by atoms with Gasteiger partial charge in [0.05, 0.1) is 0 Å². The third kappa shape index (κ3) is 49.1. The molecule has 0 aromatic rings. The predicted molar refractivity (Wildman–Crippen MR) is 329 cm³/mol. The highest BCUT2D eigenvalue weighted by molar-refractivity contribution is 8.77. The first-order chi connectivity index (χ1) is 32.7. The van der Waals surface area contributed by atoms with Gasteiger partial charge in [0.25, 0.3) is 0 Å². The van der Waals surface area contributed by atoms with E-state index in [1.54, 1.807) is 54.0 Å². The highest BCUT2D eigenvalue weighted by atomic mass is 33.1. The van der Waals surface area contributed by atoms with Crippen molar-refractivity contribution in [1.29, 1.82) is 0 Å². The van der Waals surface area contributed by atoms with Gasteiger partial charge in [-0.05, 0) is 28.8 Å². The van der Waals surface area contributed by atoms with Crippen LogP contribution < -0.4 is 26.6 Å². The molecule has 13 nitrogen and oxygen atoms in total. The minimum absolute atomic E-state index is 0.0539. The average Bonchev–Trinajstić information content (AvgIpc) is 3.31. The van der Waals surface area contributed by atoms with E-state index in [2.05, 4.69) is 80.5 Å². The van der Waals surface area contributed by atoms with Crippen molar-refractivity contribution in [2.45, 2.75) is 63.7 Å². The van der Waals surface area contributed by atoms with Crippen molar-refractivity contribution in [3.05, 3.63) is 0 Å². The molecule has 0 aromatic heterocycles. The molecule has 0 saturated heterocycles. The minimum atomic E-state index is 0.0539. The average molecular weight is 1120 g/mol. The van der Waals surface area contributed by atoms with Gasteiger partial charge in [-0.3, -0.25) is 38.7 Å². The maximum absolute atomic E-state index is 12.8. The standard InChI is InChI=1S/C39H83B5N8O5S10/c40-6-30-63-58-25-1-35(53)45-11-16-50(17-12-46-36(54)2-26-59-64-31-7-41)21-23-52(20-15-49-39(57)5-29-62-67-34-10-44)24-22-51(18-13-47-37(55)3-27-60-65-32-8-42)19-14-48-38(56)4-28-61-66-33-9-43/h1-34,40-44H2,(H,45,53)(H,46,54)(H,47,55)(H,48,56)(H,49,57). The number of amides is 5. The first-order valence-corrected chi connectivity index (χ1v) is 36.8. The molecule has 0 saturated carbocycles. The highest BCUT2D eigenvalue weighted by Gasteiger charge is 2.15. The molecule has 0 unspecified atom stereocenters. The molecular weight excluding hydrogens is 1040 g/mol. The summed E-state index contributed by atoms with van der Waals surface area (Å²) >= 11 is 0. The molecule has 0 aliphatic carbocycles. The quantitative estimate of drug-likeness (QED) is 0.0340. The second-order valence-electron chi connectivity index (χ2n) is 15.2. The van der Waals surface area contributed by atoms with Gasteiger partial charge in [0.1, 0.15) is 39.2 Å². The molecule has 0 aliphatic heterocycles. The zero-order chi connectivity index (χ0) is 49.3. The fraction of sp³-hybridized carbons (Fsp3) is 0.872. The molecule has 28 heteroatoms. The number of hydrogen-bond acceptors (Lipinski definition) is 18. The maximum Gasteiger partial charge on any atom is 0.220 e. The van der Waals surface area contributed by atoms with Crippen LogP contribution in [0.5, 0.6) is 0 Å². The van der Waals surface area contributed by atoms with E-state index in [0.717, 1.165) is 102 Å². The summed E-state index contributed by atoms with van der Waals surface area (Å²) in [7, 11) is 28.6. The Bertz CT molecular complexity index is 1100. The summed E-state index contributed by atoms with van der Waals surface area (Å²) in [6.45, 7) is 8.75. The van der Waals surface area contributed by atoms with Gasteiger partial charge >= 0.3 is 0 Å². The third-order valence-electron chi connectivity index (χ3n) is 9.13. The Balaban J connectivity index is 5.83. The molecule has 384 valence electrons. The minimum Gasteiger partial charge on any atom is -0.355 e. The lowest BCUT2D eigenvalue weighted by Gasteiger charge is -2.30. The SMILES string of the molecule is BCCSSCCC(=O)NCCN(CCNC(=O)CCSSCCB)CCN(CCNC(=O)CCSSCCB)CCN(CCNC(=O)CCSSCCB)CCNC(=O)CCSSCCB. The van der Waals surface area contributed by atoms with E-state index in [9.17, 15) is 24.0 Å². The van der Waals surface area contributed by atoms with E-state index in [0.29, 0.717) is 111 Å². The predicted octanol–water partition coefficient (Wildman–Crippen LogP) is 1.59. The summed E-state index contributed by atoms with van der Waals surface area (Å²) in [6, 6.07) is 0. The molecule has 5 N–H and O–H groups in total. The molecule has 67 heavy (non-hydrogen) atoms. The fourth-order valence-corrected chi connectivity index (χ4v) is 16.1. The Kier molecular flexibility index (Phi) is 54.2. The molecule has 0 radical (unpaired) electrons. The lowest BCUT2D eigenvalue weighted by molar-refractivity contribution is -0.121. The van der Waals surface area contributed by atoms with E-state index < -0.39 is 0 Å². The number of carbonyl (C=O) groups excluding carboxylic acids is 5. The molecular formula is C39H83B5N8O5S10. The summed E-state index contributed by atoms with van der Waals surface area (Å²) in [5.41, 5.74) is 0. The normalized spacial score (nSPS) is 11.3. The molecule has 0 atom stereocenters. The second kappa shape index (κ2) is 53.3. The van der Waals surface area contributed by atoms with E-state index in [-0.39, 0.29) is 29.5 Å². The first-order valence-electron chi connectivity index (χ1n) is 24.4. The number of nitrogens with zero attached hydrogens (tertiary/aromatic N) is 3. The lowest BCUT2D eigenvalue weighted by atomic mass is 10.1. The van der Waals surface area contributed by atoms with Gasteiger partial charge in [0, 0.05) is 152 Å². The Labute approximate surface area is 450 Å². The van der Waals surface area contributed by atoms with Crippen LogP contribution >= 0.6 is 108 Å². The summed E-state index contributed by atoms with van der Waals surface area (Å²) in [5, 5.41) is 15.6. The van der Waals surface area contributed by atoms with Gasteiger partial charge < -0.3 is 26.6 Å². The lowest BCUT2D eigenvalue weighted by Crippen LogP contribution is -2.47. The summed E-state index contributed by atoms with van der Waals surface area (Å²) in [4.78, 5) is 70.6. The van der Waals surface area contributed by atoms with Gasteiger partial charge in [-0.25, -0.2) is 0 Å². The molecule has 0 rings (SSSR count). The van der Waals surface area contributed by atoms with Crippen LogP contribution in [0.15, 0.2) is 0 Å². The van der Waals surface area contributed by atoms with Gasteiger partial charge in [-0.1, -0.05) is 140 Å². The van der Waals surface area contributed by atoms with E-state index in [1.165, 1.54) is 0 Å². The Hall–Kier alpha value is 1.05. The van der Waals surface area contributed by atoms with Crippen molar-refractivity contribution >= 4 is 177 Å². The second-order valence-corrected chi connectivity index (χ2v) is 28.8. The number of hydrogen-bond donors (Lipinski definition) is 5. The monoisotopic (exact) mass is 1120 g/mol. The molecule has 0 bridgehead atoms. The van der Waals surface area contributed by atoms with Crippen LogP contribution in [0, 0.1) is 0 Å². The Morgan fingerprint density at radius 3 is 0.612 bits per heavy atom. The number of carbonyl (C=O) groups is 5. The molecule has 0 heterocycles. The van der Waals surface area contributed by atoms with Crippen molar-refractivity contribution in [3.63, 3.8) is 0 Å². The largest absolute Gasteiger partial charge is 0.355 e. The Morgan fingerprint density at radius 2 is 0.433 bits per heavy atom. The molecule has 0 spiro atoms. The van der Waals surface area contributed by atoms with Crippen LogP contribution in [-0.4, -0.2) is 233 Å². The summed E-state index contributed by atoms with van der Waals surface area (Å²) < 4.78 is 0. The van der Waals surface area contributed by atoms with Gasteiger partial charge in [0.15, 0.2) is 0 Å². The number of nitrogens with one attached hydrogen (secondary N) is 5. The molecule has 0 fully saturated rings. The van der Waals surface area contributed by atoms with E-state index >= 15 is 0 Å². The van der Waals surface area contributed by atoms with E-state index in [1.807, 2.05) is 54.0 Å². The zero-order valence-corrected chi connectivity index (χ0v) is 49.7. The Morgan fingerprint density at radius 1 is 0.269 bits per heavy atom. The van der Waals surface area contributed by atoms with Crippen molar-refractivity contribution in [2.75, 3.05) is 149 Å². The van der Waals surface area contributed by atoms with Crippen molar-refractivity contribution in [3.8, 4) is 0 Å². The summed E-state index contributed by atoms with van der Waals surface area (Å²) in [6.07, 6.45) is 8.03. The van der Waals surface area contributed by atoms with Gasteiger partial charge in [0.2, 0.25) is 29.5 Å². The van der Waals surface area contributed by atoms with Crippen LogP contribution in [0.25, 0.3) is 0 Å². The van der Waals surface area contributed by atoms with Crippen LogP contribution in [-0.2, 0) is 24.0 Å². The smallest absolute Gasteiger partial charge is 0.220 e. The van der Waals surface area contributed by atoms with Gasteiger partial charge in [-0.15, -0.1) is 0 Å². The topological polar surface area (TPSA) is 155 Å². The van der Waals surface area contributed by atoms with Crippen LogP contribution in [0.2, 0.25) is 31.6 Å². The van der Waals surface area contributed by atoms with Crippen LogP contribution in [0.1, 0.15) is 32.1 Å².